The molecule has 0 amide bonds. The zero-order valence-corrected chi connectivity index (χ0v) is 16.6. The van der Waals surface area contributed by atoms with Gasteiger partial charge in [0.2, 0.25) is 5.95 Å². The van der Waals surface area contributed by atoms with Crippen LogP contribution in [0, 0.1) is 6.92 Å². The Kier molecular flexibility index (Phi) is 6.07. The second-order valence-electron chi connectivity index (χ2n) is 6.95. The predicted octanol–water partition coefficient (Wildman–Crippen LogP) is 5.36. The van der Waals surface area contributed by atoms with Crippen molar-refractivity contribution in [3.05, 3.63) is 78.0 Å². The average Bonchev–Trinajstić information content (AvgIpc) is 2.68. The normalized spacial score (nSPS) is 10.9. The Morgan fingerprint density at radius 1 is 0.889 bits per heavy atom. The molecule has 3 rings (SSSR count). The Bertz CT molecular complexity index is 847. The Hall–Kier alpha value is -2.88. The van der Waals surface area contributed by atoms with Crippen LogP contribution < -0.4 is 9.80 Å². The lowest BCUT2D eigenvalue weighted by Gasteiger charge is -2.29. The van der Waals surface area contributed by atoms with E-state index in [2.05, 4.69) is 85.2 Å². The number of aromatic nitrogens is 2. The molecule has 2 aromatic carbocycles. The first-order valence-corrected chi connectivity index (χ1v) is 9.57. The van der Waals surface area contributed by atoms with Gasteiger partial charge < -0.3 is 9.80 Å². The van der Waals surface area contributed by atoms with Gasteiger partial charge in [-0.3, -0.25) is 0 Å². The predicted molar refractivity (Wildman–Crippen MR) is 114 cm³/mol. The summed E-state index contributed by atoms with van der Waals surface area (Å²) in [7, 11) is 0. The topological polar surface area (TPSA) is 32.3 Å². The van der Waals surface area contributed by atoms with E-state index in [1.807, 2.05) is 19.1 Å². The largest absolute Gasteiger partial charge is 0.334 e. The van der Waals surface area contributed by atoms with E-state index in [1.165, 1.54) is 5.56 Å². The maximum absolute atomic E-state index is 4.94. The number of hydrogen-bond donors (Lipinski definition) is 0. The minimum atomic E-state index is 0.298. The van der Waals surface area contributed by atoms with Gasteiger partial charge in [-0.25, -0.2) is 4.98 Å². The maximum atomic E-state index is 4.94. The molecule has 1 aromatic heterocycles. The molecule has 0 unspecified atom stereocenters. The second-order valence-corrected chi connectivity index (χ2v) is 6.95. The van der Waals surface area contributed by atoms with E-state index in [-0.39, 0.29) is 0 Å². The molecule has 0 aliphatic rings. The van der Waals surface area contributed by atoms with E-state index in [4.69, 9.17) is 9.97 Å². The number of rotatable bonds is 7. The summed E-state index contributed by atoms with van der Waals surface area (Å²) >= 11 is 0. The lowest BCUT2D eigenvalue weighted by molar-refractivity contribution is 0.658. The quantitative estimate of drug-likeness (QED) is 0.568. The third-order valence-electron chi connectivity index (χ3n) is 4.57. The lowest BCUT2D eigenvalue weighted by atomic mass is 10.2. The molecule has 140 valence electrons. The molecule has 4 nitrogen and oxygen atoms in total. The van der Waals surface area contributed by atoms with Gasteiger partial charge in [-0.05, 0) is 45.4 Å². The summed E-state index contributed by atoms with van der Waals surface area (Å²) in [6.07, 6.45) is 0. The van der Waals surface area contributed by atoms with Gasteiger partial charge in [0.1, 0.15) is 5.82 Å². The summed E-state index contributed by atoms with van der Waals surface area (Å²) in [4.78, 5) is 14.2. The monoisotopic (exact) mass is 360 g/mol. The van der Waals surface area contributed by atoms with Crippen molar-refractivity contribution >= 4 is 17.5 Å². The highest BCUT2D eigenvalue weighted by Gasteiger charge is 2.18. The van der Waals surface area contributed by atoms with Gasteiger partial charge in [0, 0.05) is 36.6 Å². The van der Waals surface area contributed by atoms with Gasteiger partial charge in [-0.1, -0.05) is 48.5 Å². The molecule has 0 aliphatic heterocycles. The standard InChI is InChI=1S/C23H28N4/c1-5-26(21-14-10-7-11-15-21)22-16-19(4)24-23(25-22)27(18(2)3)17-20-12-8-6-9-13-20/h6-16,18H,5,17H2,1-4H3. The molecule has 0 radical (unpaired) electrons. The van der Waals surface area contributed by atoms with Crippen molar-refractivity contribution in [2.75, 3.05) is 16.3 Å². The lowest BCUT2D eigenvalue weighted by Crippen LogP contribution is -2.32. The van der Waals surface area contributed by atoms with Crippen LogP contribution in [0.1, 0.15) is 32.0 Å². The summed E-state index contributed by atoms with van der Waals surface area (Å²) < 4.78 is 0. The Morgan fingerprint density at radius 2 is 1.52 bits per heavy atom. The number of hydrogen-bond acceptors (Lipinski definition) is 4. The Labute approximate surface area is 162 Å². The van der Waals surface area contributed by atoms with Gasteiger partial charge >= 0.3 is 0 Å². The Balaban J connectivity index is 1.97. The fourth-order valence-electron chi connectivity index (χ4n) is 3.15. The summed E-state index contributed by atoms with van der Waals surface area (Å²) in [5.41, 5.74) is 3.37. The molecule has 27 heavy (non-hydrogen) atoms. The van der Waals surface area contributed by atoms with E-state index >= 15 is 0 Å². The van der Waals surface area contributed by atoms with Crippen molar-refractivity contribution < 1.29 is 0 Å². The first-order chi connectivity index (χ1) is 13.1. The molecule has 0 saturated heterocycles. The van der Waals surface area contributed by atoms with Crippen LogP contribution in [0.3, 0.4) is 0 Å². The Morgan fingerprint density at radius 3 is 2.11 bits per heavy atom. The summed E-state index contributed by atoms with van der Waals surface area (Å²) in [6.45, 7) is 10.2. The average molecular weight is 361 g/mol. The molecule has 0 bridgehead atoms. The van der Waals surface area contributed by atoms with E-state index in [9.17, 15) is 0 Å². The van der Waals surface area contributed by atoms with E-state index in [0.29, 0.717) is 6.04 Å². The molecule has 0 fully saturated rings. The number of anilines is 3. The number of benzene rings is 2. The molecule has 4 heteroatoms. The van der Waals surface area contributed by atoms with Crippen LogP contribution in [0.4, 0.5) is 17.5 Å². The van der Waals surface area contributed by atoms with Gasteiger partial charge in [0.15, 0.2) is 0 Å². The van der Waals surface area contributed by atoms with Crippen molar-refractivity contribution in [3.8, 4) is 0 Å². The molecule has 0 aliphatic carbocycles. The second kappa shape index (κ2) is 8.67. The van der Waals surface area contributed by atoms with Crippen LogP contribution >= 0.6 is 0 Å². The van der Waals surface area contributed by atoms with E-state index in [1.54, 1.807) is 0 Å². The van der Waals surface area contributed by atoms with Gasteiger partial charge in [-0.15, -0.1) is 0 Å². The summed E-state index contributed by atoms with van der Waals surface area (Å²) in [6, 6.07) is 23.2. The number of nitrogens with zero attached hydrogens (tertiary/aromatic N) is 4. The van der Waals surface area contributed by atoms with Crippen LogP contribution in [0.15, 0.2) is 66.7 Å². The molecule has 1 heterocycles. The molecule has 0 saturated carbocycles. The number of para-hydroxylation sites is 1. The third-order valence-corrected chi connectivity index (χ3v) is 4.57. The van der Waals surface area contributed by atoms with E-state index in [0.717, 1.165) is 36.2 Å². The van der Waals surface area contributed by atoms with E-state index < -0.39 is 0 Å². The van der Waals surface area contributed by atoms with Gasteiger partial charge in [0.05, 0.1) is 0 Å². The highest BCUT2D eigenvalue weighted by atomic mass is 15.3. The van der Waals surface area contributed by atoms with Crippen molar-refractivity contribution in [2.45, 2.75) is 40.3 Å². The molecular formula is C23H28N4. The van der Waals surface area contributed by atoms with Crippen molar-refractivity contribution in [2.24, 2.45) is 0 Å². The summed E-state index contributed by atoms with van der Waals surface area (Å²) in [5.74, 6) is 1.71. The number of aryl methyl sites for hydroxylation is 1. The van der Waals surface area contributed by atoms with Crippen LogP contribution in [-0.4, -0.2) is 22.6 Å². The minimum Gasteiger partial charge on any atom is -0.334 e. The first-order valence-electron chi connectivity index (χ1n) is 9.57. The fourth-order valence-corrected chi connectivity index (χ4v) is 3.15. The van der Waals surface area contributed by atoms with Gasteiger partial charge in [0.25, 0.3) is 0 Å². The molecule has 0 spiro atoms. The molecular weight excluding hydrogens is 332 g/mol. The van der Waals surface area contributed by atoms with Crippen LogP contribution in [0.25, 0.3) is 0 Å². The summed E-state index contributed by atoms with van der Waals surface area (Å²) in [5, 5.41) is 0. The van der Waals surface area contributed by atoms with Crippen molar-refractivity contribution in [1.82, 2.24) is 9.97 Å². The highest BCUT2D eigenvalue weighted by molar-refractivity contribution is 5.61. The highest BCUT2D eigenvalue weighted by Crippen LogP contribution is 2.26. The smallest absolute Gasteiger partial charge is 0.228 e. The van der Waals surface area contributed by atoms with Crippen molar-refractivity contribution in [3.63, 3.8) is 0 Å². The fraction of sp³-hybridized carbons (Fsp3) is 0.304. The minimum absolute atomic E-state index is 0.298. The van der Waals surface area contributed by atoms with Crippen LogP contribution in [0.5, 0.6) is 0 Å². The van der Waals surface area contributed by atoms with Crippen LogP contribution in [-0.2, 0) is 6.54 Å². The molecule has 3 aromatic rings. The maximum Gasteiger partial charge on any atom is 0.228 e. The zero-order chi connectivity index (χ0) is 19.2. The SMILES string of the molecule is CCN(c1ccccc1)c1cc(C)nc(N(Cc2ccccc2)C(C)C)n1. The van der Waals surface area contributed by atoms with Crippen LogP contribution in [0.2, 0.25) is 0 Å². The molecule has 0 atom stereocenters. The molecule has 0 N–H and O–H groups in total. The third kappa shape index (κ3) is 4.64. The zero-order valence-electron chi connectivity index (χ0n) is 16.6. The van der Waals surface area contributed by atoms with Crippen molar-refractivity contribution in [1.29, 1.82) is 0 Å². The first kappa shape index (κ1) is 18.9. The van der Waals surface area contributed by atoms with Gasteiger partial charge in [-0.2, -0.15) is 4.98 Å².